The first-order valence-corrected chi connectivity index (χ1v) is 11.1. The highest BCUT2D eigenvalue weighted by Crippen LogP contribution is 2.37. The van der Waals surface area contributed by atoms with Crippen LogP contribution in [0.2, 0.25) is 6.04 Å². The molecule has 2 aromatic rings. The lowest BCUT2D eigenvalue weighted by Gasteiger charge is -2.23. The lowest BCUT2D eigenvalue weighted by Crippen LogP contribution is -2.43. The van der Waals surface area contributed by atoms with Crippen LogP contribution >= 0.6 is 32.9 Å². The number of fused-ring (bicyclic) bond motifs is 1. The second kappa shape index (κ2) is 7.78. The van der Waals surface area contributed by atoms with Gasteiger partial charge in [-0.25, -0.2) is 4.98 Å². The predicted octanol–water partition coefficient (Wildman–Crippen LogP) is 3.91. The van der Waals surface area contributed by atoms with Crippen LogP contribution in [0.1, 0.15) is 0 Å². The molecule has 110 valence electrons. The average molecular weight is 348 g/mol. The summed E-state index contributed by atoms with van der Waals surface area (Å²) in [6.07, 6.45) is 0. The molecular weight excluding hydrogens is 330 g/mol. The first-order chi connectivity index (χ1) is 9.73. The van der Waals surface area contributed by atoms with E-state index in [2.05, 4.69) is 11.1 Å². The van der Waals surface area contributed by atoms with Crippen molar-refractivity contribution in [1.29, 1.82) is 0 Å². The van der Waals surface area contributed by atoms with Crippen molar-refractivity contribution in [3.8, 4) is 0 Å². The quantitative estimate of drug-likeness (QED) is 0.409. The molecule has 0 bridgehead atoms. The Hall–Kier alpha value is -0.0931. The molecule has 0 saturated heterocycles. The molecule has 4 nitrogen and oxygen atoms in total. The molecule has 0 aliphatic carbocycles. The summed E-state index contributed by atoms with van der Waals surface area (Å²) < 4.78 is 18.5. The van der Waals surface area contributed by atoms with Crippen molar-refractivity contribution in [3.63, 3.8) is 0 Å². The molecule has 0 aliphatic rings. The number of nitrogens with zero attached hydrogens (tertiary/aromatic N) is 1. The van der Waals surface area contributed by atoms with Crippen LogP contribution in [0.4, 0.5) is 0 Å². The van der Waals surface area contributed by atoms with E-state index >= 15 is 0 Å². The molecule has 20 heavy (non-hydrogen) atoms. The lowest BCUT2D eigenvalue weighted by molar-refractivity contribution is 0.125. The summed E-state index contributed by atoms with van der Waals surface area (Å²) in [5.41, 5.74) is 1.06. The maximum Gasteiger partial charge on any atom is 0.501 e. The lowest BCUT2D eigenvalue weighted by atomic mass is 10.3. The zero-order valence-electron chi connectivity index (χ0n) is 11.6. The number of thiazole rings is 1. The molecule has 1 aromatic carbocycles. The van der Waals surface area contributed by atoms with Gasteiger partial charge < -0.3 is 13.3 Å². The van der Waals surface area contributed by atoms with Crippen LogP contribution in [0.3, 0.4) is 0 Å². The minimum absolute atomic E-state index is 0.791. The Morgan fingerprint density at radius 1 is 1.15 bits per heavy atom. The smallest absolute Gasteiger partial charge is 0.377 e. The highest BCUT2D eigenvalue weighted by molar-refractivity contribution is 8.77. The number of rotatable bonds is 8. The zero-order valence-corrected chi connectivity index (χ0v) is 15.1. The van der Waals surface area contributed by atoms with E-state index in [1.807, 2.05) is 18.2 Å². The van der Waals surface area contributed by atoms with E-state index in [1.165, 1.54) is 4.70 Å². The summed E-state index contributed by atoms with van der Waals surface area (Å²) in [6, 6.07) is 8.98. The van der Waals surface area contributed by atoms with Gasteiger partial charge in [-0.05, 0) is 22.9 Å². The second-order valence-electron chi connectivity index (χ2n) is 3.90. The van der Waals surface area contributed by atoms with Crippen molar-refractivity contribution in [2.75, 3.05) is 27.1 Å². The Labute approximate surface area is 132 Å². The molecule has 0 fully saturated rings. The minimum atomic E-state index is -2.44. The van der Waals surface area contributed by atoms with E-state index < -0.39 is 8.80 Å². The largest absolute Gasteiger partial charge is 0.501 e. The molecule has 0 N–H and O–H groups in total. The highest BCUT2D eigenvalue weighted by Gasteiger charge is 2.37. The minimum Gasteiger partial charge on any atom is -0.377 e. The Morgan fingerprint density at radius 2 is 1.85 bits per heavy atom. The highest BCUT2D eigenvalue weighted by atomic mass is 33.1. The van der Waals surface area contributed by atoms with E-state index in [0.717, 1.165) is 21.7 Å². The molecule has 0 aliphatic heterocycles. The van der Waals surface area contributed by atoms with Gasteiger partial charge in [0.25, 0.3) is 0 Å². The second-order valence-corrected chi connectivity index (χ2v) is 10.7. The molecule has 8 heteroatoms. The van der Waals surface area contributed by atoms with Gasteiger partial charge >= 0.3 is 8.80 Å². The van der Waals surface area contributed by atoms with E-state index in [9.17, 15) is 0 Å². The van der Waals surface area contributed by atoms with E-state index in [0.29, 0.717) is 0 Å². The van der Waals surface area contributed by atoms with Gasteiger partial charge in [-0.2, -0.15) is 0 Å². The average Bonchev–Trinajstić information content (AvgIpc) is 2.91. The number of hydrogen-bond acceptors (Lipinski definition) is 7. The maximum absolute atomic E-state index is 5.40. The number of aromatic nitrogens is 1. The standard InChI is InChI=1S/C12H17NO3S3Si/c1-14-20(15-2,16-3)9-8-17-19-12-13-10-6-4-5-7-11(10)18-12/h4-7H,8-9H2,1-3H3. The van der Waals surface area contributed by atoms with Crippen molar-refractivity contribution in [1.82, 2.24) is 4.98 Å². The Balaban J connectivity index is 1.84. The Bertz CT molecular complexity index is 506. The SMILES string of the molecule is CO[Si](CCSSc1nc2ccccc2s1)(OC)OC. The van der Waals surface area contributed by atoms with Gasteiger partial charge in [-0.15, -0.1) is 11.3 Å². The molecule has 0 amide bonds. The van der Waals surface area contributed by atoms with Crippen LogP contribution in [0.15, 0.2) is 28.6 Å². The maximum atomic E-state index is 5.40. The van der Waals surface area contributed by atoms with Gasteiger partial charge in [-0.3, -0.25) is 0 Å². The van der Waals surface area contributed by atoms with Crippen molar-refractivity contribution in [2.24, 2.45) is 0 Å². The molecule has 0 atom stereocenters. The van der Waals surface area contributed by atoms with Crippen molar-refractivity contribution in [2.45, 2.75) is 10.4 Å². The van der Waals surface area contributed by atoms with Crippen molar-refractivity contribution >= 4 is 51.9 Å². The summed E-state index contributed by atoms with van der Waals surface area (Å²) in [4.78, 5) is 4.59. The zero-order chi connectivity index (χ0) is 14.4. The fourth-order valence-corrected chi connectivity index (χ4v) is 7.72. The first kappa shape index (κ1) is 16.3. The molecule has 0 saturated carbocycles. The Kier molecular flexibility index (Phi) is 6.34. The van der Waals surface area contributed by atoms with E-state index in [4.69, 9.17) is 13.3 Å². The van der Waals surface area contributed by atoms with Gasteiger partial charge in [0.15, 0.2) is 4.34 Å². The Morgan fingerprint density at radius 3 is 2.50 bits per heavy atom. The molecule has 0 radical (unpaired) electrons. The van der Waals surface area contributed by atoms with Crippen LogP contribution in [-0.2, 0) is 13.3 Å². The van der Waals surface area contributed by atoms with Gasteiger partial charge in [0.1, 0.15) is 0 Å². The molecule has 1 heterocycles. The monoisotopic (exact) mass is 347 g/mol. The fourth-order valence-electron chi connectivity index (χ4n) is 1.70. The van der Waals surface area contributed by atoms with Crippen LogP contribution < -0.4 is 0 Å². The van der Waals surface area contributed by atoms with Crippen molar-refractivity contribution < 1.29 is 13.3 Å². The van der Waals surface area contributed by atoms with Crippen molar-refractivity contribution in [3.05, 3.63) is 24.3 Å². The molecule has 0 spiro atoms. The third kappa shape index (κ3) is 3.97. The van der Waals surface area contributed by atoms with E-state index in [1.54, 1.807) is 54.3 Å². The molecule has 1 aromatic heterocycles. The van der Waals surface area contributed by atoms with Gasteiger partial charge in [0.05, 0.1) is 10.2 Å². The van der Waals surface area contributed by atoms with Crippen LogP contribution in [0.25, 0.3) is 10.2 Å². The third-order valence-corrected chi connectivity index (χ3v) is 9.62. The molecular formula is C12H17NO3S3Si. The predicted molar refractivity (Wildman–Crippen MR) is 89.5 cm³/mol. The summed E-state index contributed by atoms with van der Waals surface area (Å²) in [5, 5.41) is 0. The third-order valence-electron chi connectivity index (χ3n) is 2.83. The van der Waals surface area contributed by atoms with Crippen LogP contribution in [0, 0.1) is 0 Å². The van der Waals surface area contributed by atoms with Crippen LogP contribution in [0.5, 0.6) is 0 Å². The number of para-hydroxylation sites is 1. The molecule has 0 unspecified atom stereocenters. The number of hydrogen-bond donors (Lipinski definition) is 0. The first-order valence-electron chi connectivity index (χ1n) is 6.03. The summed E-state index contributed by atoms with van der Waals surface area (Å²) >= 11 is 1.72. The summed E-state index contributed by atoms with van der Waals surface area (Å²) in [6.45, 7) is 0. The van der Waals surface area contributed by atoms with E-state index in [-0.39, 0.29) is 0 Å². The van der Waals surface area contributed by atoms with Gasteiger partial charge in [0, 0.05) is 33.1 Å². The number of benzene rings is 1. The summed E-state index contributed by atoms with van der Waals surface area (Å²) in [5.74, 6) is 0.905. The normalized spacial score (nSPS) is 12.2. The topological polar surface area (TPSA) is 40.6 Å². The molecule has 2 rings (SSSR count). The van der Waals surface area contributed by atoms with Crippen LogP contribution in [-0.4, -0.2) is 40.9 Å². The van der Waals surface area contributed by atoms with Gasteiger partial charge in [-0.1, -0.05) is 22.9 Å². The van der Waals surface area contributed by atoms with Gasteiger partial charge in [0.2, 0.25) is 0 Å². The fraction of sp³-hybridized carbons (Fsp3) is 0.417. The summed E-state index contributed by atoms with van der Waals surface area (Å²) in [7, 11) is 5.94.